The highest BCUT2D eigenvalue weighted by Crippen LogP contribution is 2.19. The molecule has 0 aliphatic carbocycles. The Morgan fingerprint density at radius 2 is 1.48 bits per heavy atom. The van der Waals surface area contributed by atoms with Crippen LogP contribution in [0.2, 0.25) is 0 Å². The second-order valence-corrected chi connectivity index (χ2v) is 6.95. The van der Waals surface area contributed by atoms with Crippen molar-refractivity contribution < 1.29 is 19.6 Å². The Morgan fingerprint density at radius 3 is 1.90 bits per heavy atom. The van der Waals surface area contributed by atoms with Gasteiger partial charge in [0, 0.05) is 0 Å². The van der Waals surface area contributed by atoms with Crippen molar-refractivity contribution >= 4 is 13.9 Å². The van der Waals surface area contributed by atoms with Gasteiger partial charge in [0.25, 0.3) is 0 Å². The van der Waals surface area contributed by atoms with Crippen LogP contribution in [0.3, 0.4) is 0 Å². The molecule has 3 N–H and O–H groups in total. The summed E-state index contributed by atoms with van der Waals surface area (Å²) < 4.78 is 11.6. The molecule has 0 radical (unpaired) electrons. The lowest BCUT2D eigenvalue weighted by Crippen LogP contribution is -2.35. The summed E-state index contributed by atoms with van der Waals surface area (Å²) in [7, 11) is -1.73. The van der Waals surface area contributed by atoms with Gasteiger partial charge in [-0.2, -0.15) is 0 Å². The van der Waals surface area contributed by atoms with Gasteiger partial charge in [-0.1, -0.05) is 67.9 Å². The molecule has 0 saturated carbocycles. The van der Waals surface area contributed by atoms with Gasteiger partial charge in [-0.05, 0) is 12.8 Å². The zero-order valence-corrected chi connectivity index (χ0v) is 14.1. The highest BCUT2D eigenvalue weighted by atomic mass is 31.1. The van der Waals surface area contributed by atoms with Crippen LogP contribution in [0.4, 0.5) is 0 Å². The lowest BCUT2D eigenvalue weighted by atomic mass is 10.1. The Labute approximate surface area is 129 Å². The first-order valence-electron chi connectivity index (χ1n) is 8.16. The van der Waals surface area contributed by atoms with E-state index in [0.717, 1.165) is 19.3 Å². The van der Waals surface area contributed by atoms with Crippen LogP contribution in [0.25, 0.3) is 0 Å². The van der Waals surface area contributed by atoms with Gasteiger partial charge in [0.2, 0.25) is 0 Å². The van der Waals surface area contributed by atoms with Crippen molar-refractivity contribution in [3.63, 3.8) is 0 Å². The molecule has 124 valence electrons. The number of nitrogens with one attached hydrogen (secondary N) is 1. The van der Waals surface area contributed by atoms with E-state index in [9.17, 15) is 9.36 Å². The summed E-state index contributed by atoms with van der Waals surface area (Å²) in [6.07, 6.45) is 12.6. The molecule has 0 amide bonds. The molecule has 0 aromatic heterocycles. The predicted octanol–water partition coefficient (Wildman–Crippen LogP) is 3.68. The minimum Gasteiger partial charge on any atom is -0.480 e. The first-order valence-corrected chi connectivity index (χ1v) is 9.60. The van der Waals surface area contributed by atoms with Gasteiger partial charge in [-0.15, -0.1) is 0 Å². The highest BCUT2D eigenvalue weighted by molar-refractivity contribution is 7.42. The van der Waals surface area contributed by atoms with Crippen LogP contribution in [0, 0.1) is 0 Å². The van der Waals surface area contributed by atoms with E-state index in [-0.39, 0.29) is 0 Å². The van der Waals surface area contributed by atoms with Crippen molar-refractivity contribution in [2.24, 2.45) is 0 Å². The van der Waals surface area contributed by atoms with Crippen molar-refractivity contribution in [2.45, 2.75) is 77.2 Å². The van der Waals surface area contributed by atoms with Crippen molar-refractivity contribution in [3.8, 4) is 0 Å². The van der Waals surface area contributed by atoms with Crippen LogP contribution in [-0.4, -0.2) is 35.0 Å². The monoisotopic (exact) mass is 320 g/mol. The molecule has 0 saturated heterocycles. The molecule has 0 aromatic rings. The molecular weight excluding hydrogens is 289 g/mol. The van der Waals surface area contributed by atoms with Gasteiger partial charge in [0.15, 0.2) is 12.2 Å². The quantitative estimate of drug-likeness (QED) is 0.316. The summed E-state index contributed by atoms with van der Waals surface area (Å²) in [5.41, 5.74) is 0. The van der Waals surface area contributed by atoms with E-state index in [1.54, 1.807) is 0 Å². The topological polar surface area (TPSA) is 86.6 Å². The third-order valence-electron chi connectivity index (χ3n) is 3.50. The second kappa shape index (κ2) is 14.4. The summed E-state index contributed by atoms with van der Waals surface area (Å²) >= 11 is 0. The Balaban J connectivity index is 3.38. The largest absolute Gasteiger partial charge is 0.480 e. The minimum absolute atomic E-state index is 0.482. The van der Waals surface area contributed by atoms with Crippen molar-refractivity contribution in [3.05, 3.63) is 0 Å². The van der Waals surface area contributed by atoms with Crippen molar-refractivity contribution in [2.75, 3.05) is 12.8 Å². The van der Waals surface area contributed by atoms with E-state index in [4.69, 9.17) is 10.2 Å². The molecule has 2 atom stereocenters. The predicted molar refractivity (Wildman–Crippen MR) is 86.0 cm³/mol. The molecule has 21 heavy (non-hydrogen) atoms. The van der Waals surface area contributed by atoms with Crippen LogP contribution in [0.5, 0.6) is 0 Å². The summed E-state index contributed by atoms with van der Waals surface area (Å²) in [6, 6.07) is -1.11. The molecule has 5 nitrogen and oxygen atoms in total. The third kappa shape index (κ3) is 12.9. The fourth-order valence-corrected chi connectivity index (χ4v) is 3.33. The Bertz CT molecular complexity index is 287. The van der Waals surface area contributed by atoms with Gasteiger partial charge in [-0.3, -0.25) is 4.79 Å². The van der Waals surface area contributed by atoms with Crippen LogP contribution >= 0.6 is 7.95 Å². The minimum atomic E-state index is -1.73. The fourth-order valence-electron chi connectivity index (χ4n) is 2.16. The van der Waals surface area contributed by atoms with Crippen molar-refractivity contribution in [1.29, 1.82) is 0 Å². The maximum absolute atomic E-state index is 11.6. The fraction of sp³-hybridized carbons (Fsp3) is 0.933. The molecule has 0 aliphatic rings. The zero-order chi connectivity index (χ0) is 15.9. The summed E-state index contributed by atoms with van der Waals surface area (Å²) in [6.45, 7) is 1.69. The number of hydrogen-bond donors (Lipinski definition) is 3. The van der Waals surface area contributed by atoms with Crippen molar-refractivity contribution in [1.82, 2.24) is 5.09 Å². The van der Waals surface area contributed by atoms with Gasteiger partial charge >= 0.3 is 13.9 Å². The average molecular weight is 320 g/mol. The van der Waals surface area contributed by atoms with E-state index in [2.05, 4.69) is 12.0 Å². The molecule has 0 spiro atoms. The number of aliphatic carboxylic acids is 1. The van der Waals surface area contributed by atoms with E-state index in [0.29, 0.717) is 6.16 Å². The van der Waals surface area contributed by atoms with E-state index in [1.807, 2.05) is 0 Å². The molecule has 0 bridgehead atoms. The van der Waals surface area contributed by atoms with Gasteiger partial charge < -0.3 is 10.2 Å². The van der Waals surface area contributed by atoms with E-state index < -0.39 is 26.6 Å². The van der Waals surface area contributed by atoms with E-state index in [1.165, 1.54) is 44.9 Å². The summed E-state index contributed by atoms with van der Waals surface area (Å²) in [5, 5.41) is 20.0. The third-order valence-corrected chi connectivity index (χ3v) is 4.82. The Morgan fingerprint density at radius 1 is 1.00 bits per heavy atom. The summed E-state index contributed by atoms with van der Waals surface area (Å²) in [5.74, 6) is -1.16. The molecule has 0 heterocycles. The van der Waals surface area contributed by atoms with Crippen LogP contribution in [0.1, 0.15) is 71.1 Å². The first kappa shape index (κ1) is 20.5. The number of hydrogen-bond acceptors (Lipinski definition) is 3. The lowest BCUT2D eigenvalue weighted by molar-refractivity contribution is -0.139. The molecule has 0 rings (SSSR count). The molecule has 0 fully saturated rings. The molecular formula is C15H31NO4P+. The summed E-state index contributed by atoms with van der Waals surface area (Å²) in [4.78, 5) is 10.7. The van der Waals surface area contributed by atoms with Crippen LogP contribution in [0.15, 0.2) is 0 Å². The highest BCUT2D eigenvalue weighted by Gasteiger charge is 2.26. The van der Waals surface area contributed by atoms with Crippen LogP contribution < -0.4 is 5.09 Å². The number of rotatable bonds is 15. The molecule has 6 heteroatoms. The van der Waals surface area contributed by atoms with Gasteiger partial charge in [0.05, 0.1) is 6.61 Å². The molecule has 0 aromatic carbocycles. The van der Waals surface area contributed by atoms with Gasteiger partial charge in [-0.25, -0.2) is 0 Å². The molecule has 1 unspecified atom stereocenters. The van der Waals surface area contributed by atoms with E-state index >= 15 is 0 Å². The van der Waals surface area contributed by atoms with Gasteiger partial charge in [0.1, 0.15) is 0 Å². The lowest BCUT2D eigenvalue weighted by Gasteiger charge is -2.03. The number of unbranched alkanes of at least 4 members (excludes halogenated alkanes) is 9. The average Bonchev–Trinajstić information content (AvgIpc) is 2.46. The Hall–Kier alpha value is -0.510. The maximum atomic E-state index is 11.6. The zero-order valence-electron chi connectivity index (χ0n) is 13.2. The normalized spacial score (nSPS) is 13.1. The number of aliphatic hydroxyl groups excluding tert-OH is 1. The first-order chi connectivity index (χ1) is 10.1. The molecule has 0 aliphatic heterocycles. The standard InChI is InChI=1S/C15H30NO4P/c1-2-3-4-5-6-7-8-9-10-11-12-21(20)16-14(13-17)15(18)19/h14,17H,2-13H2,1H3,(H-,16,18,19,20)/p+1/t14-/m0/s1. The Kier molecular flexibility index (Phi) is 14.1. The SMILES string of the molecule is CCCCCCCCCCCC[P+](=O)N[C@@H](CO)C(=O)O. The number of carbonyl (C=O) groups is 1. The second-order valence-electron chi connectivity index (χ2n) is 5.49. The smallest absolute Gasteiger partial charge is 0.432 e. The number of aliphatic hydroxyl groups is 1. The maximum Gasteiger partial charge on any atom is 0.432 e. The number of carboxylic acids is 1. The number of carboxylic acid groups (broad SMARTS) is 1. The van der Waals surface area contributed by atoms with Crippen LogP contribution in [-0.2, 0) is 9.36 Å².